The summed E-state index contributed by atoms with van der Waals surface area (Å²) in [4.78, 5) is 11.4. The lowest BCUT2D eigenvalue weighted by atomic mass is 10.1. The highest BCUT2D eigenvalue weighted by atomic mass is 19.2. The van der Waals surface area contributed by atoms with Crippen molar-refractivity contribution in [2.75, 3.05) is 6.54 Å². The monoisotopic (exact) mass is 304 g/mol. The molecule has 1 aromatic rings. The molecular weight excluding hydrogens is 285 g/mol. The summed E-state index contributed by atoms with van der Waals surface area (Å²) in [6.07, 6.45) is -0.543. The minimum atomic E-state index is -1.51. The van der Waals surface area contributed by atoms with E-state index in [0.717, 1.165) is 12.1 Å². The zero-order valence-electron chi connectivity index (χ0n) is 12.2. The van der Waals surface area contributed by atoms with E-state index in [2.05, 4.69) is 5.32 Å². The molecule has 0 radical (unpaired) electrons. The molecular formula is C14H19F3N2O2. The van der Waals surface area contributed by atoms with Gasteiger partial charge in [0.15, 0.2) is 17.5 Å². The van der Waals surface area contributed by atoms with Crippen molar-refractivity contribution < 1.29 is 22.7 Å². The molecule has 0 saturated heterocycles. The van der Waals surface area contributed by atoms with Crippen molar-refractivity contribution in [2.24, 2.45) is 5.73 Å². The van der Waals surface area contributed by atoms with Gasteiger partial charge in [0.05, 0.1) is 0 Å². The van der Waals surface area contributed by atoms with E-state index in [4.69, 9.17) is 10.5 Å². The van der Waals surface area contributed by atoms with Crippen LogP contribution in [0, 0.1) is 17.5 Å². The van der Waals surface area contributed by atoms with Gasteiger partial charge >= 0.3 is 6.09 Å². The first-order chi connectivity index (χ1) is 9.58. The minimum absolute atomic E-state index is 0.0650. The van der Waals surface area contributed by atoms with Gasteiger partial charge < -0.3 is 15.8 Å². The number of benzene rings is 1. The molecule has 0 bridgehead atoms. The van der Waals surface area contributed by atoms with Crippen LogP contribution in [0.25, 0.3) is 0 Å². The molecule has 0 fully saturated rings. The summed E-state index contributed by atoms with van der Waals surface area (Å²) >= 11 is 0. The fourth-order valence-corrected chi connectivity index (χ4v) is 1.63. The Morgan fingerprint density at radius 1 is 1.29 bits per heavy atom. The number of rotatable bonds is 4. The first-order valence-corrected chi connectivity index (χ1v) is 6.44. The van der Waals surface area contributed by atoms with Crippen molar-refractivity contribution in [3.8, 4) is 0 Å². The maximum atomic E-state index is 13.0. The van der Waals surface area contributed by atoms with Crippen LogP contribution in [0.2, 0.25) is 0 Å². The summed E-state index contributed by atoms with van der Waals surface area (Å²) < 4.78 is 43.9. The standard InChI is InChI=1S/C14H19F3N2O2/c1-14(2,3)21-13(20)19-7-9(18)4-8-5-10(15)12(17)11(16)6-8/h5-6,9H,4,7,18H2,1-3H3,(H,19,20). The quantitative estimate of drug-likeness (QED) is 0.840. The van der Waals surface area contributed by atoms with Crippen LogP contribution in [-0.2, 0) is 11.2 Å². The number of carbonyl (C=O) groups is 1. The van der Waals surface area contributed by atoms with Gasteiger partial charge in [-0.2, -0.15) is 0 Å². The van der Waals surface area contributed by atoms with E-state index >= 15 is 0 Å². The summed E-state index contributed by atoms with van der Waals surface area (Å²) in [5, 5.41) is 2.45. The highest BCUT2D eigenvalue weighted by Gasteiger charge is 2.17. The molecule has 0 saturated carbocycles. The van der Waals surface area contributed by atoms with Crippen molar-refractivity contribution in [3.63, 3.8) is 0 Å². The number of halogens is 3. The van der Waals surface area contributed by atoms with E-state index in [1.54, 1.807) is 20.8 Å². The number of hydrogen-bond donors (Lipinski definition) is 2. The van der Waals surface area contributed by atoms with Crippen molar-refractivity contribution in [1.29, 1.82) is 0 Å². The second-order valence-electron chi connectivity index (χ2n) is 5.72. The molecule has 0 aliphatic carbocycles. The number of ether oxygens (including phenoxy) is 1. The Morgan fingerprint density at radius 3 is 2.29 bits per heavy atom. The molecule has 0 aliphatic rings. The van der Waals surface area contributed by atoms with Gasteiger partial charge in [-0.25, -0.2) is 18.0 Å². The van der Waals surface area contributed by atoms with Crippen molar-refractivity contribution >= 4 is 6.09 Å². The molecule has 118 valence electrons. The highest BCUT2D eigenvalue weighted by Crippen LogP contribution is 2.14. The van der Waals surface area contributed by atoms with Gasteiger partial charge in [-0.1, -0.05) is 0 Å². The highest BCUT2D eigenvalue weighted by molar-refractivity contribution is 5.67. The predicted octanol–water partition coefficient (Wildman–Crippen LogP) is 2.50. The fraction of sp³-hybridized carbons (Fsp3) is 0.500. The Kier molecular flexibility index (Phi) is 5.60. The number of amides is 1. The average Bonchev–Trinajstić information content (AvgIpc) is 2.31. The van der Waals surface area contributed by atoms with Gasteiger partial charge in [-0.05, 0) is 44.9 Å². The van der Waals surface area contributed by atoms with Gasteiger partial charge in [0.25, 0.3) is 0 Å². The van der Waals surface area contributed by atoms with E-state index in [-0.39, 0.29) is 18.5 Å². The maximum absolute atomic E-state index is 13.0. The second kappa shape index (κ2) is 6.80. The van der Waals surface area contributed by atoms with Crippen LogP contribution in [0.5, 0.6) is 0 Å². The molecule has 3 N–H and O–H groups in total. The molecule has 1 unspecified atom stereocenters. The van der Waals surface area contributed by atoms with E-state index < -0.39 is 35.2 Å². The number of alkyl carbamates (subject to hydrolysis) is 1. The molecule has 1 amide bonds. The summed E-state index contributed by atoms with van der Waals surface area (Å²) in [6.45, 7) is 5.22. The Hall–Kier alpha value is -1.76. The topological polar surface area (TPSA) is 64.3 Å². The Bertz CT molecular complexity index is 492. The number of carbonyl (C=O) groups excluding carboxylic acids is 1. The fourth-order valence-electron chi connectivity index (χ4n) is 1.63. The Morgan fingerprint density at radius 2 is 1.81 bits per heavy atom. The van der Waals surface area contributed by atoms with E-state index in [1.807, 2.05) is 0 Å². The van der Waals surface area contributed by atoms with E-state index in [9.17, 15) is 18.0 Å². The van der Waals surface area contributed by atoms with Gasteiger partial charge in [0, 0.05) is 12.6 Å². The number of hydrogen-bond acceptors (Lipinski definition) is 3. The molecule has 1 aromatic carbocycles. The Labute approximate surface area is 121 Å². The first kappa shape index (κ1) is 17.3. The van der Waals surface area contributed by atoms with Gasteiger partial charge in [-0.3, -0.25) is 0 Å². The van der Waals surface area contributed by atoms with Crippen LogP contribution >= 0.6 is 0 Å². The zero-order valence-corrected chi connectivity index (χ0v) is 12.2. The van der Waals surface area contributed by atoms with Crippen molar-refractivity contribution in [1.82, 2.24) is 5.32 Å². The number of nitrogens with one attached hydrogen (secondary N) is 1. The average molecular weight is 304 g/mol. The lowest BCUT2D eigenvalue weighted by Crippen LogP contribution is -2.41. The van der Waals surface area contributed by atoms with Gasteiger partial charge in [0.1, 0.15) is 5.60 Å². The first-order valence-electron chi connectivity index (χ1n) is 6.44. The molecule has 4 nitrogen and oxygen atoms in total. The molecule has 0 heterocycles. The van der Waals surface area contributed by atoms with Crippen LogP contribution in [-0.4, -0.2) is 24.3 Å². The molecule has 1 atom stereocenters. The summed E-state index contributed by atoms with van der Waals surface area (Å²) in [7, 11) is 0. The van der Waals surface area contributed by atoms with Gasteiger partial charge in [-0.15, -0.1) is 0 Å². The third kappa shape index (κ3) is 6.03. The van der Waals surface area contributed by atoms with Gasteiger partial charge in [0.2, 0.25) is 0 Å². The zero-order chi connectivity index (χ0) is 16.2. The summed E-state index contributed by atoms with van der Waals surface area (Å²) in [5.74, 6) is -4.05. The summed E-state index contributed by atoms with van der Waals surface area (Å²) in [6, 6.07) is 1.18. The second-order valence-corrected chi connectivity index (χ2v) is 5.72. The molecule has 0 aliphatic heterocycles. The third-order valence-electron chi connectivity index (χ3n) is 2.45. The molecule has 7 heteroatoms. The van der Waals surface area contributed by atoms with Crippen LogP contribution in [0.15, 0.2) is 12.1 Å². The molecule has 21 heavy (non-hydrogen) atoms. The third-order valence-corrected chi connectivity index (χ3v) is 2.45. The molecule has 0 spiro atoms. The predicted molar refractivity (Wildman–Crippen MR) is 72.2 cm³/mol. The largest absolute Gasteiger partial charge is 0.444 e. The van der Waals surface area contributed by atoms with E-state index in [1.165, 1.54) is 0 Å². The van der Waals surface area contributed by atoms with Crippen LogP contribution in [0.4, 0.5) is 18.0 Å². The van der Waals surface area contributed by atoms with E-state index in [0.29, 0.717) is 0 Å². The van der Waals surface area contributed by atoms with Crippen LogP contribution in [0.3, 0.4) is 0 Å². The SMILES string of the molecule is CC(C)(C)OC(=O)NCC(N)Cc1cc(F)c(F)c(F)c1. The van der Waals surface area contributed by atoms with Crippen LogP contribution < -0.4 is 11.1 Å². The normalized spacial score (nSPS) is 12.9. The minimum Gasteiger partial charge on any atom is -0.444 e. The maximum Gasteiger partial charge on any atom is 0.407 e. The smallest absolute Gasteiger partial charge is 0.407 e. The molecule has 1 rings (SSSR count). The van der Waals surface area contributed by atoms with Crippen molar-refractivity contribution in [2.45, 2.75) is 38.8 Å². The van der Waals surface area contributed by atoms with Crippen LogP contribution in [0.1, 0.15) is 26.3 Å². The lowest BCUT2D eigenvalue weighted by molar-refractivity contribution is 0.0524. The number of nitrogens with two attached hydrogens (primary N) is 1. The van der Waals surface area contributed by atoms with Crippen molar-refractivity contribution in [3.05, 3.63) is 35.1 Å². The lowest BCUT2D eigenvalue weighted by Gasteiger charge is -2.20. The Balaban J connectivity index is 2.51. The molecule has 0 aromatic heterocycles. The summed E-state index contributed by atoms with van der Waals surface area (Å²) in [5.41, 5.74) is 5.33.